The minimum atomic E-state index is 0.214. The van der Waals surface area contributed by atoms with Crippen molar-refractivity contribution in [1.82, 2.24) is 4.90 Å². The van der Waals surface area contributed by atoms with Gasteiger partial charge in [-0.3, -0.25) is 4.79 Å². The Balaban J connectivity index is 2.39. The summed E-state index contributed by atoms with van der Waals surface area (Å²) in [7, 11) is 0. The van der Waals surface area contributed by atoms with Gasteiger partial charge in [0.05, 0.1) is 12.5 Å². The van der Waals surface area contributed by atoms with Gasteiger partial charge in [0.1, 0.15) is 0 Å². The van der Waals surface area contributed by atoms with Crippen LogP contribution in [0.5, 0.6) is 0 Å². The number of carbonyl (C=O) groups excluding carboxylic acids is 1. The monoisotopic (exact) mass is 208 g/mol. The molecule has 0 heterocycles. The van der Waals surface area contributed by atoms with Gasteiger partial charge in [0.25, 0.3) is 0 Å². The molecule has 0 atom stereocenters. The van der Waals surface area contributed by atoms with Crippen LogP contribution in [0.3, 0.4) is 0 Å². The number of carbonyl (C=O) groups is 1. The number of nitrogens with zero attached hydrogens (tertiary/aromatic N) is 2. The molecule has 15 heavy (non-hydrogen) atoms. The van der Waals surface area contributed by atoms with E-state index < -0.39 is 0 Å². The van der Waals surface area contributed by atoms with Crippen molar-refractivity contribution in [2.24, 2.45) is 5.92 Å². The van der Waals surface area contributed by atoms with Crippen molar-refractivity contribution in [3.63, 3.8) is 0 Å². The topological polar surface area (TPSA) is 44.1 Å². The summed E-state index contributed by atoms with van der Waals surface area (Å²) in [6.45, 7) is 4.60. The standard InChI is InChI=1S/C12H20N2O/c1-10(2)14(8-4-7-13)12(15)9-11-5-3-6-11/h10-11H,3-6,8-9H2,1-2H3. The quantitative estimate of drug-likeness (QED) is 0.696. The van der Waals surface area contributed by atoms with Gasteiger partial charge in [-0.25, -0.2) is 0 Å². The highest BCUT2D eigenvalue weighted by Crippen LogP contribution is 2.30. The predicted molar refractivity (Wildman–Crippen MR) is 59.0 cm³/mol. The van der Waals surface area contributed by atoms with E-state index in [0.29, 0.717) is 25.3 Å². The maximum atomic E-state index is 11.9. The molecule has 1 aliphatic carbocycles. The Kier molecular flexibility index (Phi) is 4.61. The Labute approximate surface area is 92.1 Å². The van der Waals surface area contributed by atoms with Crippen molar-refractivity contribution in [3.8, 4) is 6.07 Å². The molecular formula is C12H20N2O. The first-order valence-electron chi connectivity index (χ1n) is 5.81. The number of nitriles is 1. The van der Waals surface area contributed by atoms with E-state index in [2.05, 4.69) is 6.07 Å². The van der Waals surface area contributed by atoms with Crippen molar-refractivity contribution in [2.75, 3.05) is 6.54 Å². The molecule has 1 aliphatic rings. The van der Waals surface area contributed by atoms with Crippen molar-refractivity contribution in [2.45, 2.75) is 52.0 Å². The summed E-state index contributed by atoms with van der Waals surface area (Å²) >= 11 is 0. The van der Waals surface area contributed by atoms with E-state index in [-0.39, 0.29) is 11.9 Å². The molecule has 0 aliphatic heterocycles. The lowest BCUT2D eigenvalue weighted by atomic mass is 9.82. The number of hydrogen-bond acceptors (Lipinski definition) is 2. The van der Waals surface area contributed by atoms with Crippen molar-refractivity contribution >= 4 is 5.91 Å². The van der Waals surface area contributed by atoms with Crippen LogP contribution < -0.4 is 0 Å². The van der Waals surface area contributed by atoms with Crippen LogP contribution >= 0.6 is 0 Å². The molecule has 0 aromatic rings. The van der Waals surface area contributed by atoms with Gasteiger partial charge < -0.3 is 4.90 Å². The minimum absolute atomic E-state index is 0.214. The molecule has 1 fully saturated rings. The SMILES string of the molecule is CC(C)N(CCC#N)C(=O)CC1CCC1. The highest BCUT2D eigenvalue weighted by atomic mass is 16.2. The third kappa shape index (κ3) is 3.54. The van der Waals surface area contributed by atoms with Crippen LogP contribution in [0.4, 0.5) is 0 Å². The van der Waals surface area contributed by atoms with Gasteiger partial charge in [-0.1, -0.05) is 6.42 Å². The third-order valence-electron chi connectivity index (χ3n) is 3.10. The average Bonchev–Trinajstić information content (AvgIpc) is 2.11. The van der Waals surface area contributed by atoms with Gasteiger partial charge in [-0.05, 0) is 32.6 Å². The Bertz CT molecular complexity index is 251. The zero-order valence-electron chi connectivity index (χ0n) is 9.70. The zero-order valence-corrected chi connectivity index (χ0v) is 9.70. The Morgan fingerprint density at radius 1 is 1.53 bits per heavy atom. The van der Waals surface area contributed by atoms with Crippen LogP contribution in [0.1, 0.15) is 46.0 Å². The van der Waals surface area contributed by atoms with Crippen LogP contribution in [-0.2, 0) is 4.79 Å². The fraction of sp³-hybridized carbons (Fsp3) is 0.833. The van der Waals surface area contributed by atoms with E-state index in [9.17, 15) is 4.79 Å². The van der Waals surface area contributed by atoms with Crippen molar-refractivity contribution in [1.29, 1.82) is 5.26 Å². The predicted octanol–water partition coefficient (Wildman–Crippen LogP) is 2.33. The molecule has 0 spiro atoms. The minimum Gasteiger partial charge on any atom is -0.339 e. The van der Waals surface area contributed by atoms with Gasteiger partial charge in [0.15, 0.2) is 0 Å². The summed E-state index contributed by atoms with van der Waals surface area (Å²) < 4.78 is 0. The normalized spacial score (nSPS) is 15.9. The second kappa shape index (κ2) is 5.75. The van der Waals surface area contributed by atoms with E-state index in [1.165, 1.54) is 19.3 Å². The van der Waals surface area contributed by atoms with Gasteiger partial charge in [-0.2, -0.15) is 5.26 Å². The fourth-order valence-electron chi connectivity index (χ4n) is 1.90. The van der Waals surface area contributed by atoms with Gasteiger partial charge in [0.2, 0.25) is 5.91 Å². The summed E-state index contributed by atoms with van der Waals surface area (Å²) in [6.07, 6.45) is 4.81. The zero-order chi connectivity index (χ0) is 11.3. The van der Waals surface area contributed by atoms with Crippen LogP contribution in [0.25, 0.3) is 0 Å². The molecule has 0 unspecified atom stereocenters. The molecule has 0 radical (unpaired) electrons. The Morgan fingerprint density at radius 3 is 2.60 bits per heavy atom. The average molecular weight is 208 g/mol. The van der Waals surface area contributed by atoms with Crippen LogP contribution in [0.15, 0.2) is 0 Å². The van der Waals surface area contributed by atoms with Gasteiger partial charge in [0, 0.05) is 19.0 Å². The summed E-state index contributed by atoms with van der Waals surface area (Å²) in [5.41, 5.74) is 0. The van der Waals surface area contributed by atoms with Crippen LogP contribution in [0.2, 0.25) is 0 Å². The summed E-state index contributed by atoms with van der Waals surface area (Å²) in [5.74, 6) is 0.839. The van der Waals surface area contributed by atoms with E-state index in [1.807, 2.05) is 18.7 Å². The summed E-state index contributed by atoms with van der Waals surface area (Å²) in [5, 5.41) is 8.53. The molecule has 0 aromatic carbocycles. The molecule has 84 valence electrons. The first-order valence-corrected chi connectivity index (χ1v) is 5.81. The molecule has 0 aromatic heterocycles. The largest absolute Gasteiger partial charge is 0.339 e. The third-order valence-corrected chi connectivity index (χ3v) is 3.10. The highest BCUT2D eigenvalue weighted by molar-refractivity contribution is 5.76. The molecule has 0 saturated heterocycles. The lowest BCUT2D eigenvalue weighted by Crippen LogP contribution is -2.39. The Morgan fingerprint density at radius 2 is 2.20 bits per heavy atom. The molecule has 3 heteroatoms. The van der Waals surface area contributed by atoms with Crippen LogP contribution in [0, 0.1) is 17.2 Å². The molecular weight excluding hydrogens is 188 g/mol. The maximum Gasteiger partial charge on any atom is 0.223 e. The van der Waals surface area contributed by atoms with Crippen molar-refractivity contribution in [3.05, 3.63) is 0 Å². The van der Waals surface area contributed by atoms with Gasteiger partial charge >= 0.3 is 0 Å². The van der Waals surface area contributed by atoms with E-state index >= 15 is 0 Å². The second-order valence-electron chi connectivity index (χ2n) is 4.59. The summed E-state index contributed by atoms with van der Waals surface area (Å²) in [4.78, 5) is 13.7. The summed E-state index contributed by atoms with van der Waals surface area (Å²) in [6, 6.07) is 2.31. The molecule has 3 nitrogen and oxygen atoms in total. The Hall–Kier alpha value is -1.04. The number of rotatable bonds is 5. The molecule has 1 amide bonds. The first kappa shape index (κ1) is 12.0. The lowest BCUT2D eigenvalue weighted by molar-refractivity contribution is -0.134. The smallest absolute Gasteiger partial charge is 0.223 e. The van der Waals surface area contributed by atoms with Gasteiger partial charge in [-0.15, -0.1) is 0 Å². The lowest BCUT2D eigenvalue weighted by Gasteiger charge is -2.30. The van der Waals surface area contributed by atoms with E-state index in [0.717, 1.165) is 0 Å². The fourth-order valence-corrected chi connectivity index (χ4v) is 1.90. The first-order chi connectivity index (χ1) is 7.15. The second-order valence-corrected chi connectivity index (χ2v) is 4.59. The number of amides is 1. The van der Waals surface area contributed by atoms with Crippen molar-refractivity contribution < 1.29 is 4.79 Å². The molecule has 0 bridgehead atoms. The van der Waals surface area contributed by atoms with E-state index in [1.54, 1.807) is 0 Å². The number of hydrogen-bond donors (Lipinski definition) is 0. The molecule has 1 rings (SSSR count). The molecule has 1 saturated carbocycles. The maximum absolute atomic E-state index is 11.9. The van der Waals surface area contributed by atoms with Crippen LogP contribution in [-0.4, -0.2) is 23.4 Å². The van der Waals surface area contributed by atoms with E-state index in [4.69, 9.17) is 5.26 Å². The highest BCUT2D eigenvalue weighted by Gasteiger charge is 2.24. The molecule has 0 N–H and O–H groups in total.